The van der Waals surface area contributed by atoms with Crippen LogP contribution >= 0.6 is 0 Å². The summed E-state index contributed by atoms with van der Waals surface area (Å²) in [6.07, 6.45) is 0.737. The summed E-state index contributed by atoms with van der Waals surface area (Å²) in [6, 6.07) is 21.5. The molecule has 0 unspecified atom stereocenters. The quantitative estimate of drug-likeness (QED) is 0.357. The molecule has 0 spiro atoms. The highest BCUT2D eigenvalue weighted by Crippen LogP contribution is 2.33. The number of aryl methyl sites for hydroxylation is 1. The van der Waals surface area contributed by atoms with Crippen LogP contribution in [0.4, 0.5) is 5.69 Å². The van der Waals surface area contributed by atoms with Crippen LogP contribution in [0.15, 0.2) is 83.8 Å². The molecule has 3 aromatic carbocycles. The predicted molar refractivity (Wildman–Crippen MR) is 153 cm³/mol. The van der Waals surface area contributed by atoms with E-state index in [4.69, 9.17) is 4.74 Å². The van der Waals surface area contributed by atoms with Gasteiger partial charge in [0, 0.05) is 12.6 Å². The van der Waals surface area contributed by atoms with E-state index in [0.717, 1.165) is 21.9 Å². The van der Waals surface area contributed by atoms with E-state index in [-0.39, 0.29) is 29.1 Å². The van der Waals surface area contributed by atoms with Gasteiger partial charge in [-0.15, -0.1) is 0 Å². The number of sulfonamides is 1. The zero-order valence-corrected chi connectivity index (χ0v) is 23.9. The third-order valence-electron chi connectivity index (χ3n) is 6.58. The Balaban J connectivity index is 2.07. The van der Waals surface area contributed by atoms with Crippen molar-refractivity contribution in [3.05, 3.63) is 90.0 Å². The molecule has 0 aromatic heterocycles. The van der Waals surface area contributed by atoms with E-state index in [2.05, 4.69) is 5.32 Å². The molecule has 3 aromatic rings. The molecule has 0 bridgehead atoms. The Morgan fingerprint density at radius 2 is 1.56 bits per heavy atom. The first-order valence-corrected chi connectivity index (χ1v) is 14.4. The number of ether oxygens (including phenoxy) is 1. The van der Waals surface area contributed by atoms with Crippen molar-refractivity contribution in [2.45, 2.75) is 57.6 Å². The number of anilines is 1. The van der Waals surface area contributed by atoms with Crippen molar-refractivity contribution in [1.29, 1.82) is 0 Å². The summed E-state index contributed by atoms with van der Waals surface area (Å²) < 4.78 is 34.4. The molecule has 39 heavy (non-hydrogen) atoms. The molecule has 9 heteroatoms. The van der Waals surface area contributed by atoms with Crippen LogP contribution in [0, 0.1) is 6.92 Å². The van der Waals surface area contributed by atoms with Crippen molar-refractivity contribution in [3.63, 3.8) is 0 Å². The van der Waals surface area contributed by atoms with E-state index in [1.54, 1.807) is 43.3 Å². The van der Waals surface area contributed by atoms with Gasteiger partial charge in [-0.1, -0.05) is 61.5 Å². The molecule has 2 atom stereocenters. The summed E-state index contributed by atoms with van der Waals surface area (Å²) >= 11 is 0. The first-order chi connectivity index (χ1) is 18.6. The number of methoxy groups -OCH3 is 1. The van der Waals surface area contributed by atoms with Gasteiger partial charge in [0.2, 0.25) is 11.8 Å². The minimum absolute atomic E-state index is 0.0403. The molecule has 1 N–H and O–H groups in total. The first-order valence-electron chi connectivity index (χ1n) is 12.9. The maximum Gasteiger partial charge on any atom is 0.264 e. The summed E-state index contributed by atoms with van der Waals surface area (Å²) in [5.41, 5.74) is 1.86. The fourth-order valence-corrected chi connectivity index (χ4v) is 5.49. The normalized spacial score (nSPS) is 12.7. The number of carbonyl (C=O) groups excluding carboxylic acids is 2. The molecular formula is C30H37N3O5S. The molecule has 208 valence electrons. The van der Waals surface area contributed by atoms with Gasteiger partial charge in [-0.2, -0.15) is 0 Å². The maximum absolute atomic E-state index is 14.0. The number of carbonyl (C=O) groups is 2. The van der Waals surface area contributed by atoms with Gasteiger partial charge in [0.25, 0.3) is 10.0 Å². The van der Waals surface area contributed by atoms with Gasteiger partial charge in [0.15, 0.2) is 0 Å². The van der Waals surface area contributed by atoms with Crippen LogP contribution in [0.5, 0.6) is 5.75 Å². The molecular weight excluding hydrogens is 514 g/mol. The van der Waals surface area contributed by atoms with Gasteiger partial charge in [-0.25, -0.2) is 8.42 Å². The highest BCUT2D eigenvalue weighted by Gasteiger charge is 2.34. The van der Waals surface area contributed by atoms with Gasteiger partial charge in [0.05, 0.1) is 17.7 Å². The molecule has 0 aliphatic carbocycles. The molecule has 2 amide bonds. The highest BCUT2D eigenvalue weighted by molar-refractivity contribution is 7.92. The number of benzene rings is 3. The van der Waals surface area contributed by atoms with Crippen LogP contribution in [0.1, 0.15) is 38.3 Å². The van der Waals surface area contributed by atoms with E-state index in [1.165, 1.54) is 24.1 Å². The molecule has 0 saturated carbocycles. The van der Waals surface area contributed by atoms with E-state index in [1.807, 2.05) is 51.1 Å². The third kappa shape index (κ3) is 7.38. The Hall–Kier alpha value is -3.85. The second kappa shape index (κ2) is 13.3. The number of hydrogen-bond acceptors (Lipinski definition) is 5. The molecule has 3 rings (SSSR count). The third-order valence-corrected chi connectivity index (χ3v) is 8.35. The van der Waals surface area contributed by atoms with Gasteiger partial charge in [0.1, 0.15) is 18.3 Å². The molecule has 8 nitrogen and oxygen atoms in total. The summed E-state index contributed by atoms with van der Waals surface area (Å²) in [7, 11) is -2.72. The van der Waals surface area contributed by atoms with E-state index < -0.39 is 28.5 Å². The fourth-order valence-electron chi connectivity index (χ4n) is 4.06. The van der Waals surface area contributed by atoms with Crippen molar-refractivity contribution in [1.82, 2.24) is 10.2 Å². The lowest BCUT2D eigenvalue weighted by molar-refractivity contribution is -0.139. The lowest BCUT2D eigenvalue weighted by Crippen LogP contribution is -2.52. The molecule has 0 fully saturated rings. The zero-order valence-electron chi connectivity index (χ0n) is 23.1. The summed E-state index contributed by atoms with van der Waals surface area (Å²) in [5.74, 6) is -0.516. The lowest BCUT2D eigenvalue weighted by Gasteiger charge is -2.33. The first kappa shape index (κ1) is 29.7. The van der Waals surface area contributed by atoms with E-state index in [9.17, 15) is 18.0 Å². The molecule has 0 aliphatic heterocycles. The largest absolute Gasteiger partial charge is 0.495 e. The van der Waals surface area contributed by atoms with E-state index in [0.29, 0.717) is 5.75 Å². The van der Waals surface area contributed by atoms with Crippen LogP contribution in [0.25, 0.3) is 0 Å². The average molecular weight is 552 g/mol. The topological polar surface area (TPSA) is 96.0 Å². The van der Waals surface area contributed by atoms with Gasteiger partial charge in [-0.3, -0.25) is 13.9 Å². The SMILES string of the molecule is CC[C@H](C)NC(=O)[C@H](C)N(Cc1ccccc1)C(=O)CN(c1cc(C)ccc1OC)S(=O)(=O)c1ccccc1. The smallest absolute Gasteiger partial charge is 0.264 e. The number of amides is 2. The fraction of sp³-hybridized carbons (Fsp3) is 0.333. The molecule has 0 radical (unpaired) electrons. The Bertz CT molecular complexity index is 1360. The van der Waals surface area contributed by atoms with Crippen LogP contribution < -0.4 is 14.4 Å². The minimum atomic E-state index is -4.17. The number of nitrogens with one attached hydrogen (secondary N) is 1. The van der Waals surface area contributed by atoms with Crippen molar-refractivity contribution < 1.29 is 22.7 Å². The van der Waals surface area contributed by atoms with Crippen molar-refractivity contribution in [3.8, 4) is 5.75 Å². The lowest BCUT2D eigenvalue weighted by atomic mass is 10.1. The molecule has 0 heterocycles. The number of hydrogen-bond donors (Lipinski definition) is 1. The maximum atomic E-state index is 14.0. The number of nitrogens with zero attached hydrogens (tertiary/aromatic N) is 2. The Morgan fingerprint density at radius 1 is 0.949 bits per heavy atom. The molecule has 0 aliphatic rings. The zero-order chi connectivity index (χ0) is 28.6. The van der Waals surface area contributed by atoms with Crippen LogP contribution in [-0.4, -0.2) is 50.9 Å². The second-order valence-corrected chi connectivity index (χ2v) is 11.4. The minimum Gasteiger partial charge on any atom is -0.495 e. The predicted octanol–water partition coefficient (Wildman–Crippen LogP) is 4.53. The van der Waals surface area contributed by atoms with Gasteiger partial charge < -0.3 is 15.0 Å². The summed E-state index contributed by atoms with van der Waals surface area (Å²) in [4.78, 5) is 28.6. The Labute approximate surface area is 231 Å². The Kier molecular flexibility index (Phi) is 10.1. The van der Waals surface area contributed by atoms with Gasteiger partial charge in [-0.05, 0) is 62.6 Å². The second-order valence-electron chi connectivity index (χ2n) is 9.50. The van der Waals surface area contributed by atoms with E-state index >= 15 is 0 Å². The molecule has 0 saturated heterocycles. The van der Waals surface area contributed by atoms with Crippen LogP contribution in [-0.2, 0) is 26.2 Å². The standard InChI is InChI=1S/C30H37N3O5S/c1-6-23(3)31-30(35)24(4)32(20-25-13-9-7-10-14-25)29(34)21-33(27-19-22(2)17-18-28(27)38-5)39(36,37)26-15-11-8-12-16-26/h7-19,23-24H,6,20-21H2,1-5H3,(H,31,35)/t23-,24-/m0/s1. The summed E-state index contributed by atoms with van der Waals surface area (Å²) in [6.45, 7) is 6.96. The highest BCUT2D eigenvalue weighted by atomic mass is 32.2. The van der Waals surface area contributed by atoms with Crippen LogP contribution in [0.3, 0.4) is 0 Å². The van der Waals surface area contributed by atoms with Crippen LogP contribution in [0.2, 0.25) is 0 Å². The Morgan fingerprint density at radius 3 is 2.15 bits per heavy atom. The average Bonchev–Trinajstić information content (AvgIpc) is 2.94. The van der Waals surface area contributed by atoms with Crippen molar-refractivity contribution >= 4 is 27.5 Å². The van der Waals surface area contributed by atoms with Crippen molar-refractivity contribution in [2.24, 2.45) is 0 Å². The van der Waals surface area contributed by atoms with Crippen molar-refractivity contribution in [2.75, 3.05) is 18.0 Å². The summed E-state index contributed by atoms with van der Waals surface area (Å²) in [5, 5.41) is 2.93. The monoisotopic (exact) mass is 551 g/mol. The number of rotatable bonds is 12. The van der Waals surface area contributed by atoms with Gasteiger partial charge >= 0.3 is 0 Å².